The van der Waals surface area contributed by atoms with Crippen LogP contribution in [0.25, 0.3) is 172 Å². The summed E-state index contributed by atoms with van der Waals surface area (Å²) in [4.78, 5) is 0. The smallest absolute Gasteiger partial charge is 0.0644 e. The maximum atomic E-state index is 9.60. The predicted molar refractivity (Wildman–Crippen MR) is 376 cm³/mol. The van der Waals surface area contributed by atoms with E-state index >= 15 is 0 Å². The minimum Gasteiger partial charge on any atom is -0.135 e. The highest BCUT2D eigenvalue weighted by Crippen LogP contribution is 2.48. The summed E-state index contributed by atoms with van der Waals surface area (Å²) in [6.45, 7) is 0. The Balaban J connectivity index is 0.000000191. The van der Waals surface area contributed by atoms with Crippen LogP contribution in [0.5, 0.6) is 0 Å². The van der Waals surface area contributed by atoms with Crippen molar-refractivity contribution in [3.05, 3.63) is 314 Å². The van der Waals surface area contributed by atoms with Gasteiger partial charge in [0.2, 0.25) is 0 Å². The molecular formula is C84H52S2. The fraction of sp³-hybridized carbons (Fsp3) is 0. The zero-order valence-electron chi connectivity index (χ0n) is 94.8. The molecule has 0 aliphatic carbocycles. The van der Waals surface area contributed by atoms with Crippen LogP contribution in [0.2, 0.25) is 0 Å². The molecule has 18 aromatic rings. The van der Waals surface area contributed by atoms with Crippen LogP contribution in [0, 0.1) is 0 Å². The Bertz CT molecular complexity index is 8710. The lowest BCUT2D eigenvalue weighted by atomic mass is 9.85. The average Bonchev–Trinajstić information content (AvgIpc) is 0.956. The van der Waals surface area contributed by atoms with Gasteiger partial charge >= 0.3 is 0 Å². The molecule has 2 aromatic heterocycles. The molecule has 0 unspecified atom stereocenters. The molecule has 2 heteroatoms. The van der Waals surface area contributed by atoms with Gasteiger partial charge in [-0.25, -0.2) is 0 Å². The fourth-order valence-corrected chi connectivity index (χ4v) is 12.1. The molecular weight excluding hydrogens is 1070 g/mol. The quantitative estimate of drug-likeness (QED) is 0.146. The van der Waals surface area contributed by atoms with E-state index in [2.05, 4.69) is 0 Å². The van der Waals surface area contributed by atoms with Crippen molar-refractivity contribution in [1.29, 1.82) is 0 Å². The van der Waals surface area contributed by atoms with Crippen LogP contribution in [0.4, 0.5) is 0 Å². The zero-order chi connectivity index (χ0) is 102. The second-order valence-electron chi connectivity index (χ2n) is 18.5. The Labute approximate surface area is 579 Å². The van der Waals surface area contributed by atoms with E-state index in [0.717, 1.165) is 0 Å². The largest absolute Gasteiger partial charge is 0.135 e. The molecule has 0 radical (unpaired) electrons. The second-order valence-corrected chi connectivity index (χ2v) is 20.6. The zero-order valence-corrected chi connectivity index (χ0v) is 44.4. The Hall–Kier alpha value is -10.5. The Kier molecular flexibility index (Phi) is 4.90. The van der Waals surface area contributed by atoms with E-state index in [1.54, 1.807) is 0 Å². The molecule has 0 N–H and O–H groups in total. The number of rotatable bonds is 6. The summed E-state index contributed by atoms with van der Waals surface area (Å²) in [6.07, 6.45) is 0. The van der Waals surface area contributed by atoms with E-state index in [0.29, 0.717) is 22.7 Å². The van der Waals surface area contributed by atoms with Gasteiger partial charge in [-0.05, 0) is 162 Å². The van der Waals surface area contributed by atoms with Crippen LogP contribution < -0.4 is 0 Å². The highest BCUT2D eigenvalue weighted by atomic mass is 32.1. The van der Waals surface area contributed by atoms with Crippen molar-refractivity contribution in [2.45, 2.75) is 0 Å². The van der Waals surface area contributed by atoms with E-state index < -0.39 is 446 Å². The maximum absolute atomic E-state index is 9.60. The monoisotopic (exact) mass is 1180 g/mol. The third-order valence-corrected chi connectivity index (χ3v) is 15.9. The molecule has 0 nitrogen and oxygen atoms in total. The van der Waals surface area contributed by atoms with Crippen LogP contribution in [-0.2, 0) is 0 Å². The van der Waals surface area contributed by atoms with Crippen molar-refractivity contribution >= 4 is 128 Å². The summed E-state index contributed by atoms with van der Waals surface area (Å²) in [6, 6.07) is -44.2. The minimum absolute atomic E-state index is 0.0858. The molecule has 0 fully saturated rings. The summed E-state index contributed by atoms with van der Waals surface area (Å²) < 4.78 is 463. The summed E-state index contributed by atoms with van der Waals surface area (Å²) in [5, 5.41) is -8.37. The van der Waals surface area contributed by atoms with Gasteiger partial charge in [0.15, 0.2) is 0 Å². The maximum Gasteiger partial charge on any atom is 0.0644 e. The van der Waals surface area contributed by atoms with Gasteiger partial charge in [-0.1, -0.05) is 284 Å². The molecule has 0 saturated heterocycles. The van der Waals surface area contributed by atoms with Crippen molar-refractivity contribution in [3.8, 4) is 66.8 Å². The molecule has 0 aliphatic rings. The minimum atomic E-state index is -1.06. The van der Waals surface area contributed by atoms with E-state index in [1.807, 2.05) is 0 Å². The highest BCUT2D eigenvalue weighted by molar-refractivity contribution is 7.26. The summed E-state index contributed by atoms with van der Waals surface area (Å²) in [5.74, 6) is 0. The summed E-state index contributed by atoms with van der Waals surface area (Å²) in [5.41, 5.74) is -8.49. The lowest BCUT2D eigenvalue weighted by Gasteiger charge is -2.18. The van der Waals surface area contributed by atoms with Crippen LogP contribution in [0.1, 0.15) is 71.3 Å². The summed E-state index contributed by atoms with van der Waals surface area (Å²) >= 11 is 1.32. The molecule has 18 rings (SSSR count). The van der Waals surface area contributed by atoms with Crippen molar-refractivity contribution in [3.63, 3.8) is 0 Å². The van der Waals surface area contributed by atoms with E-state index in [-0.39, 0.29) is 40.3 Å². The van der Waals surface area contributed by atoms with Gasteiger partial charge in [0, 0.05) is 40.3 Å². The van der Waals surface area contributed by atoms with Gasteiger partial charge in [0.05, 0.1) is 71.3 Å². The van der Waals surface area contributed by atoms with E-state index in [1.165, 1.54) is 0 Å². The van der Waals surface area contributed by atoms with Crippen molar-refractivity contribution in [2.75, 3.05) is 0 Å². The Morgan fingerprint density at radius 1 is 0.174 bits per heavy atom. The van der Waals surface area contributed by atoms with Crippen LogP contribution in [-0.4, -0.2) is 0 Å². The highest BCUT2D eigenvalue weighted by Gasteiger charge is 2.20. The van der Waals surface area contributed by atoms with Crippen molar-refractivity contribution < 1.29 is 71.3 Å². The molecule has 2 heterocycles. The van der Waals surface area contributed by atoms with E-state index in [4.69, 9.17) is 41.1 Å². The second kappa shape index (κ2) is 20.7. The van der Waals surface area contributed by atoms with Gasteiger partial charge in [-0.15, -0.1) is 22.7 Å². The van der Waals surface area contributed by atoms with Crippen molar-refractivity contribution in [2.24, 2.45) is 0 Å². The van der Waals surface area contributed by atoms with Gasteiger partial charge in [-0.2, -0.15) is 0 Å². The van der Waals surface area contributed by atoms with E-state index in [9.17, 15) is 30.2 Å². The molecule has 0 saturated carbocycles. The van der Waals surface area contributed by atoms with Gasteiger partial charge in [0.25, 0.3) is 0 Å². The molecule has 0 spiro atoms. The molecule has 0 bridgehead atoms. The summed E-state index contributed by atoms with van der Waals surface area (Å²) in [7, 11) is 0. The molecule has 400 valence electrons. The molecule has 0 atom stereocenters. The number of hydrogen-bond acceptors (Lipinski definition) is 2. The first-order valence-corrected chi connectivity index (χ1v) is 26.9. The van der Waals surface area contributed by atoms with Crippen molar-refractivity contribution in [1.82, 2.24) is 0 Å². The first-order chi connectivity index (χ1) is 64.3. The lowest BCUT2D eigenvalue weighted by Crippen LogP contribution is -1.91. The molecule has 86 heavy (non-hydrogen) atoms. The number of hydrogen-bond donors (Lipinski definition) is 0. The topological polar surface area (TPSA) is 0 Å². The molecule has 0 aliphatic heterocycles. The number of thiophene rings is 2. The number of benzene rings is 16. The average molecular weight is 1180 g/mol. The van der Waals surface area contributed by atoms with Crippen LogP contribution in [0.3, 0.4) is 0 Å². The molecule has 0 amide bonds. The van der Waals surface area contributed by atoms with Crippen LogP contribution in [0.15, 0.2) is 314 Å². The van der Waals surface area contributed by atoms with Gasteiger partial charge in [0.1, 0.15) is 0 Å². The number of fused-ring (bicyclic) bond motifs is 12. The first-order valence-electron chi connectivity index (χ1n) is 51.3. The lowest BCUT2D eigenvalue weighted by molar-refractivity contribution is 1.63. The third-order valence-electron chi connectivity index (χ3n) is 13.8. The van der Waals surface area contributed by atoms with Gasteiger partial charge in [-0.3, -0.25) is 0 Å². The molecule has 16 aromatic carbocycles. The normalized spacial score (nSPS) is 20.2. The van der Waals surface area contributed by atoms with Crippen LogP contribution >= 0.6 is 22.7 Å². The third kappa shape index (κ3) is 8.40. The Morgan fingerprint density at radius 3 is 0.953 bits per heavy atom. The van der Waals surface area contributed by atoms with Gasteiger partial charge < -0.3 is 0 Å². The SMILES string of the molecule is [2H]c1c([2H])c(-c2c3c([2H])c([2H])c([2H])c([2H])c3c(-c3c([2H])c([2H])c4c(sc5c([2H])c([2H])c([2H])c([2H])c54)c3[2H])c3c([2H])c([2H])c([2H])c([2H])c23)c([2H])c([2H])c1-c1c([2H])c([2H])c([2H])c2c([2H])c([2H])c([2H])c([2H])c12.[2H]c1c([2H])c(-c2c3c([2H])c([2H])c([2H])c([2H])c3c(-c3c([2H])c([2H])c4c(sc5c([2H])c([2H])c([2H])c([2H])c54)c3[2H])c3c([2H])c([2H])c([2H])c([2H])c23)c([2H])c([2H])c1-c1c([2H])c([2H])c2c([2H])c([2H])c([2H])c([2H])c2c1[2H]. The Morgan fingerprint density at radius 2 is 0.488 bits per heavy atom. The first kappa shape index (κ1) is 20.4. The predicted octanol–water partition coefficient (Wildman–Crippen LogP) is 25.0. The fourth-order valence-electron chi connectivity index (χ4n) is 10.1. The standard InChI is InChI=1S/2C42H26S/c1-2-12-31-27(10-1)11-9-18-32(31)28-20-22-29(23-21-28)41-35-14-3-5-16-37(35)42(38-17-6-4-15-36(38)41)30-24-25-34-33-13-7-8-19-39(33)43-40(34)26-30;1-2-10-30-25-31(22-19-27(30)9-1)28-17-20-29(21-18-28)41-35-12-3-5-14-37(35)42(38-15-6-4-13-36(38)41)32-23-24-34-33-11-7-8-16-39(33)43-40(34)26-32/h2*1-26H/i2*1D,2D,3D,4D,5D,6D,7D,8D,9D,10D,11D,12D,13D,14D,15D,16D,17D,18D,19D,20D,21D,22D,23D,24D,25D,26D.